The van der Waals surface area contributed by atoms with Gasteiger partial charge in [-0.05, 0) is 68.0 Å². The van der Waals surface area contributed by atoms with Gasteiger partial charge in [0.15, 0.2) is 0 Å². The third kappa shape index (κ3) is 16.5. The maximum atomic E-state index is 14.4. The van der Waals surface area contributed by atoms with E-state index in [1.54, 1.807) is 59.4 Å². The first-order valence-corrected chi connectivity index (χ1v) is 25.3. The minimum absolute atomic E-state index is 0.0152. The number of ether oxygens (including phenoxy) is 2. The highest BCUT2D eigenvalue weighted by Gasteiger charge is 2.44. The Balaban J connectivity index is 1.81. The highest BCUT2D eigenvalue weighted by Crippen LogP contribution is 2.30. The highest BCUT2D eigenvalue weighted by atomic mass is 32.2. The van der Waals surface area contributed by atoms with Crippen molar-refractivity contribution in [3.05, 3.63) is 65.7 Å². The molecule has 3 rings (SSSR count). The smallest absolute Gasteiger partial charge is 0.379 e. The molecule has 1 aliphatic rings. The molecule has 0 radical (unpaired) electrons. The molecule has 70 heavy (non-hydrogen) atoms. The van der Waals surface area contributed by atoms with Gasteiger partial charge in [0.2, 0.25) is 33.7 Å². The van der Waals surface area contributed by atoms with Crippen LogP contribution in [0.4, 0.5) is 18.9 Å². The third-order valence-corrected chi connectivity index (χ3v) is 14.2. The van der Waals surface area contributed by atoms with Crippen LogP contribution in [0.5, 0.6) is 0 Å². The molecule has 1 heterocycles. The van der Waals surface area contributed by atoms with E-state index in [9.17, 15) is 50.4 Å². The molecule has 0 spiro atoms. The Bertz CT molecular complexity index is 2170. The molecule has 1 fully saturated rings. The molecule has 0 aliphatic carbocycles. The Morgan fingerprint density at radius 1 is 0.814 bits per heavy atom. The minimum atomic E-state index is -5.13. The molecule has 392 valence electrons. The minimum Gasteiger partial charge on any atom is -0.379 e. The van der Waals surface area contributed by atoms with Crippen LogP contribution in [-0.2, 0) is 60.4 Å². The third-order valence-electron chi connectivity index (χ3n) is 12.9. The summed E-state index contributed by atoms with van der Waals surface area (Å²) in [6.45, 7) is 13.5. The zero-order valence-corrected chi connectivity index (χ0v) is 43.3. The average molecular weight is 1010 g/mol. The number of hydrogen-bond acceptors (Lipinski definition) is 11. The summed E-state index contributed by atoms with van der Waals surface area (Å²) in [7, 11) is 3.76. The van der Waals surface area contributed by atoms with Gasteiger partial charge < -0.3 is 35.2 Å². The molecular formula is C49H74F3N7O10S. The summed E-state index contributed by atoms with van der Waals surface area (Å²) in [6, 6.07) is 9.25. The summed E-state index contributed by atoms with van der Waals surface area (Å²) < 4.78 is 78.6. The summed E-state index contributed by atoms with van der Waals surface area (Å²) in [5.41, 5.74) is 0.469. The number of halogens is 3. The number of sulfonamides is 1. The Morgan fingerprint density at radius 3 is 1.94 bits per heavy atom. The van der Waals surface area contributed by atoms with Gasteiger partial charge in [0.1, 0.15) is 12.1 Å². The molecule has 2 aromatic carbocycles. The number of amides is 6. The second-order valence-electron chi connectivity index (χ2n) is 19.1. The van der Waals surface area contributed by atoms with E-state index in [0.29, 0.717) is 31.4 Å². The summed E-state index contributed by atoms with van der Waals surface area (Å²) in [5.74, 6) is -6.89. The molecule has 21 heteroatoms. The fraction of sp³-hybridized carbons (Fsp3) is 0.633. The number of nitrogens with one attached hydrogen (secondary N) is 4. The Labute approximate surface area is 411 Å². The van der Waals surface area contributed by atoms with Crippen molar-refractivity contribution in [2.45, 2.75) is 135 Å². The van der Waals surface area contributed by atoms with Crippen molar-refractivity contribution in [2.75, 3.05) is 47.2 Å². The zero-order valence-electron chi connectivity index (χ0n) is 42.5. The molecule has 1 unspecified atom stereocenters. The van der Waals surface area contributed by atoms with Crippen LogP contribution in [0.1, 0.15) is 85.3 Å². The van der Waals surface area contributed by atoms with Gasteiger partial charge in [-0.25, -0.2) is 8.42 Å². The summed E-state index contributed by atoms with van der Waals surface area (Å²) in [6.07, 6.45) is -5.25. The van der Waals surface area contributed by atoms with E-state index in [-0.39, 0.29) is 59.6 Å². The molecule has 0 aromatic heterocycles. The predicted octanol–water partition coefficient (Wildman–Crippen LogP) is 4.51. The largest absolute Gasteiger partial charge is 0.471 e. The molecule has 1 saturated heterocycles. The van der Waals surface area contributed by atoms with Crippen molar-refractivity contribution in [1.29, 1.82) is 0 Å². The second-order valence-corrected chi connectivity index (χ2v) is 20.8. The number of carbonyl (C=O) groups is 6. The van der Waals surface area contributed by atoms with E-state index >= 15 is 0 Å². The van der Waals surface area contributed by atoms with Gasteiger partial charge in [-0.15, -0.1) is 0 Å². The molecule has 0 bridgehead atoms. The number of likely N-dealkylation sites (tertiary alicyclic amines) is 1. The summed E-state index contributed by atoms with van der Waals surface area (Å²) >= 11 is 0. The highest BCUT2D eigenvalue weighted by molar-refractivity contribution is 7.89. The number of rotatable bonds is 25. The maximum Gasteiger partial charge on any atom is 0.471 e. The van der Waals surface area contributed by atoms with Crippen LogP contribution in [0, 0.1) is 23.7 Å². The van der Waals surface area contributed by atoms with Gasteiger partial charge >= 0.3 is 12.1 Å². The number of hydrogen-bond donors (Lipinski definition) is 4. The van der Waals surface area contributed by atoms with Crippen LogP contribution in [0.2, 0.25) is 0 Å². The first-order chi connectivity index (χ1) is 32.7. The van der Waals surface area contributed by atoms with Crippen LogP contribution < -0.4 is 20.7 Å². The summed E-state index contributed by atoms with van der Waals surface area (Å²) in [4.78, 5) is 86.5. The van der Waals surface area contributed by atoms with Crippen molar-refractivity contribution in [2.24, 2.45) is 23.7 Å². The number of alkyl halides is 3. The van der Waals surface area contributed by atoms with Crippen LogP contribution in [0.25, 0.3) is 0 Å². The van der Waals surface area contributed by atoms with E-state index in [0.717, 1.165) is 12.1 Å². The van der Waals surface area contributed by atoms with Crippen LogP contribution in [0.3, 0.4) is 0 Å². The topological polar surface area (TPSA) is 213 Å². The lowest BCUT2D eigenvalue weighted by molar-refractivity contribution is -0.167. The quantitative estimate of drug-likeness (QED) is 0.109. The SMILES string of the molecule is CCC(C)[C@@H]([C@@H](CC(=O)N1CCC[C@H]1[C@H](OC)[C@@H](C)C(=O)N[C@@H](Cc1ccccc1)C(=O)NS(=O)(=O)Cc1ccc(NC(=O)C(F)(F)F)cc1)OC)N(C)C(=O)[C@@H](NC(=O)[C@H](C(C)C)N(C)C)C(C)C. The van der Waals surface area contributed by atoms with Crippen LogP contribution in [-0.4, -0.2) is 149 Å². The van der Waals surface area contributed by atoms with Gasteiger partial charge in [0.25, 0.3) is 5.91 Å². The van der Waals surface area contributed by atoms with E-state index < -0.39 is 88.0 Å². The molecule has 0 saturated carbocycles. The molecule has 2 aromatic rings. The lowest BCUT2D eigenvalue weighted by Gasteiger charge is -2.41. The lowest BCUT2D eigenvalue weighted by Crippen LogP contribution is -2.59. The Kier molecular flexibility index (Phi) is 22.3. The van der Waals surface area contributed by atoms with Gasteiger partial charge in [-0.3, -0.25) is 38.4 Å². The van der Waals surface area contributed by atoms with Crippen LogP contribution >= 0.6 is 0 Å². The zero-order chi connectivity index (χ0) is 52.8. The monoisotopic (exact) mass is 1010 g/mol. The molecule has 9 atom stereocenters. The average Bonchev–Trinajstić information content (AvgIpc) is 3.77. The normalized spacial score (nSPS) is 17.7. The second kappa shape index (κ2) is 26.4. The molecular weight excluding hydrogens is 936 g/mol. The van der Waals surface area contributed by atoms with Crippen molar-refractivity contribution >= 4 is 51.2 Å². The van der Waals surface area contributed by atoms with Crippen molar-refractivity contribution in [3.8, 4) is 0 Å². The fourth-order valence-electron chi connectivity index (χ4n) is 9.14. The van der Waals surface area contributed by atoms with Gasteiger partial charge in [-0.1, -0.05) is 97.4 Å². The van der Waals surface area contributed by atoms with Crippen LogP contribution in [0.15, 0.2) is 54.6 Å². The number of nitrogens with zero attached hydrogens (tertiary/aromatic N) is 3. The Hall–Kier alpha value is -5.12. The first-order valence-electron chi connectivity index (χ1n) is 23.6. The number of carbonyl (C=O) groups excluding carboxylic acids is 6. The molecule has 6 amide bonds. The van der Waals surface area contributed by atoms with Gasteiger partial charge in [-0.2, -0.15) is 13.2 Å². The van der Waals surface area contributed by atoms with Gasteiger partial charge in [0, 0.05) is 39.9 Å². The predicted molar refractivity (Wildman–Crippen MR) is 259 cm³/mol. The molecule has 4 N–H and O–H groups in total. The number of methoxy groups -OCH3 is 2. The maximum absolute atomic E-state index is 14.4. The van der Waals surface area contributed by atoms with E-state index in [1.807, 2.05) is 65.3 Å². The number of benzene rings is 2. The van der Waals surface area contributed by atoms with E-state index in [2.05, 4.69) is 10.6 Å². The number of likely N-dealkylation sites (N-methyl/N-ethyl adjacent to an activating group) is 2. The molecule has 1 aliphatic heterocycles. The lowest BCUT2D eigenvalue weighted by atomic mass is 9.89. The van der Waals surface area contributed by atoms with Crippen molar-refractivity contribution in [3.63, 3.8) is 0 Å². The first kappa shape index (κ1) is 59.2. The standard InChI is InChI=1S/C49H74F3N7O10S/c1-13-31(6)42(58(10)47(64)40(29(2)3)55-46(63)41(30(4)5)57(8)9)38(68-11)27-39(60)59-25-17-20-37(59)43(69-12)32(7)44(61)54-36(26-33-18-15-14-16-19-33)45(62)56-70(66,67)28-34-21-23-35(24-22-34)53-48(65)49(50,51)52/h14-16,18-19,21-24,29-32,36-38,40-43H,13,17,20,25-28H2,1-12H3,(H,53,65)(H,54,61)(H,55,63)(H,56,62)/t31?,32-,36+,37+,38-,40+,41+,42+,43-/m1/s1. The van der Waals surface area contributed by atoms with Gasteiger partial charge in [0.05, 0.1) is 48.4 Å². The Morgan fingerprint density at radius 2 is 1.43 bits per heavy atom. The number of anilines is 1. The fourth-order valence-corrected chi connectivity index (χ4v) is 10.3. The van der Waals surface area contributed by atoms with E-state index in [4.69, 9.17) is 9.47 Å². The van der Waals surface area contributed by atoms with Crippen molar-refractivity contribution < 1.29 is 59.8 Å². The van der Waals surface area contributed by atoms with E-state index in [1.165, 1.54) is 26.4 Å². The molecule has 17 nitrogen and oxygen atoms in total. The summed E-state index contributed by atoms with van der Waals surface area (Å²) in [5, 5.41) is 7.37. The van der Waals surface area contributed by atoms with Crippen molar-refractivity contribution in [1.82, 2.24) is 30.1 Å².